The van der Waals surface area contributed by atoms with Crippen LogP contribution >= 0.6 is 11.3 Å². The Bertz CT molecular complexity index is 557. The lowest BCUT2D eigenvalue weighted by Gasteiger charge is -1.99. The van der Waals surface area contributed by atoms with Crippen LogP contribution in [0.25, 0.3) is 0 Å². The molecule has 0 unspecified atom stereocenters. The lowest BCUT2D eigenvalue weighted by molar-refractivity contribution is 0.507. The summed E-state index contributed by atoms with van der Waals surface area (Å²) < 4.78 is 25.9. The van der Waals surface area contributed by atoms with Crippen LogP contribution in [-0.4, -0.2) is 23.3 Å². The molecule has 0 aliphatic heterocycles. The Balaban J connectivity index is 1.90. The average molecular weight is 297 g/mol. The second kappa shape index (κ2) is 7.40. The van der Waals surface area contributed by atoms with Gasteiger partial charge in [-0.1, -0.05) is 13.0 Å². The van der Waals surface area contributed by atoms with Crippen molar-refractivity contribution in [1.29, 1.82) is 0 Å². The Morgan fingerprint density at radius 1 is 1.10 bits per heavy atom. The molecule has 0 saturated carbocycles. The first-order valence-corrected chi connectivity index (χ1v) is 7.46. The third-order valence-corrected chi connectivity index (χ3v) is 3.77. The Morgan fingerprint density at radius 3 is 2.65 bits per heavy atom. The first-order chi connectivity index (χ1) is 9.69. The molecule has 0 radical (unpaired) electrons. The average Bonchev–Trinajstić information content (AvgIpc) is 2.87. The zero-order valence-corrected chi connectivity index (χ0v) is 12.1. The van der Waals surface area contributed by atoms with Crippen LogP contribution in [0.5, 0.6) is 0 Å². The molecular weight excluding hydrogens is 280 g/mol. The van der Waals surface area contributed by atoms with Gasteiger partial charge < -0.3 is 5.32 Å². The Labute approximate surface area is 121 Å². The van der Waals surface area contributed by atoms with Crippen molar-refractivity contribution in [3.8, 4) is 0 Å². The molecule has 0 aliphatic carbocycles. The number of nitrogens with one attached hydrogen (secondary N) is 1. The van der Waals surface area contributed by atoms with Crippen LogP contribution in [0.3, 0.4) is 0 Å². The molecule has 0 fully saturated rings. The number of hydrogen-bond acceptors (Lipinski definition) is 4. The van der Waals surface area contributed by atoms with Gasteiger partial charge in [-0.15, -0.1) is 21.5 Å². The van der Waals surface area contributed by atoms with Gasteiger partial charge >= 0.3 is 0 Å². The van der Waals surface area contributed by atoms with E-state index in [9.17, 15) is 8.78 Å². The summed E-state index contributed by atoms with van der Waals surface area (Å²) in [4.78, 5) is 0. The van der Waals surface area contributed by atoms with Crippen LogP contribution < -0.4 is 5.32 Å². The summed E-state index contributed by atoms with van der Waals surface area (Å²) in [6.45, 7) is 4.01. The maximum atomic E-state index is 13.1. The number of rotatable bonds is 7. The van der Waals surface area contributed by atoms with E-state index in [1.165, 1.54) is 17.4 Å². The topological polar surface area (TPSA) is 37.8 Å². The Hall–Kier alpha value is -1.40. The molecule has 1 heterocycles. The smallest absolute Gasteiger partial charge is 0.159 e. The molecule has 6 heteroatoms. The van der Waals surface area contributed by atoms with Crippen LogP contribution in [0.1, 0.15) is 28.9 Å². The molecule has 0 bridgehead atoms. The fourth-order valence-electron chi connectivity index (χ4n) is 1.78. The second-order valence-corrected chi connectivity index (χ2v) is 5.66. The minimum absolute atomic E-state index is 0.483. The Kier molecular flexibility index (Phi) is 5.55. The zero-order valence-electron chi connectivity index (χ0n) is 11.3. The zero-order chi connectivity index (χ0) is 14.4. The molecule has 2 aromatic rings. The fraction of sp³-hybridized carbons (Fsp3) is 0.429. The highest BCUT2D eigenvalue weighted by atomic mass is 32.1. The third kappa shape index (κ3) is 4.31. The lowest BCUT2D eigenvalue weighted by Crippen LogP contribution is -2.17. The quantitative estimate of drug-likeness (QED) is 0.799. The maximum absolute atomic E-state index is 13.1. The SMILES string of the molecule is CCCNCCc1nnc(Cc2ccc(F)c(F)c2)s1. The van der Waals surface area contributed by atoms with E-state index in [0.717, 1.165) is 42.0 Å². The van der Waals surface area contributed by atoms with E-state index < -0.39 is 11.6 Å². The number of nitrogens with zero attached hydrogens (tertiary/aromatic N) is 2. The van der Waals surface area contributed by atoms with Gasteiger partial charge in [0.1, 0.15) is 10.0 Å². The molecule has 0 aliphatic rings. The molecule has 2 rings (SSSR count). The van der Waals surface area contributed by atoms with Crippen molar-refractivity contribution in [1.82, 2.24) is 15.5 Å². The van der Waals surface area contributed by atoms with Crippen molar-refractivity contribution < 1.29 is 8.78 Å². The highest BCUT2D eigenvalue weighted by Crippen LogP contribution is 2.16. The van der Waals surface area contributed by atoms with Gasteiger partial charge in [-0.3, -0.25) is 0 Å². The summed E-state index contributed by atoms with van der Waals surface area (Å²) in [6, 6.07) is 3.92. The van der Waals surface area contributed by atoms with Gasteiger partial charge in [-0.25, -0.2) is 8.78 Å². The molecule has 1 aromatic carbocycles. The van der Waals surface area contributed by atoms with Crippen LogP contribution in [-0.2, 0) is 12.8 Å². The van der Waals surface area contributed by atoms with E-state index in [1.807, 2.05) is 0 Å². The summed E-state index contributed by atoms with van der Waals surface area (Å²) in [5, 5.41) is 13.3. The number of aromatic nitrogens is 2. The monoisotopic (exact) mass is 297 g/mol. The predicted octanol–water partition coefficient (Wildman–Crippen LogP) is 2.95. The van der Waals surface area contributed by atoms with E-state index in [1.54, 1.807) is 6.07 Å². The van der Waals surface area contributed by atoms with E-state index in [4.69, 9.17) is 0 Å². The van der Waals surface area contributed by atoms with Gasteiger partial charge in [0.05, 0.1) is 0 Å². The molecule has 1 N–H and O–H groups in total. The van der Waals surface area contributed by atoms with Crippen LogP contribution in [0.15, 0.2) is 18.2 Å². The van der Waals surface area contributed by atoms with E-state index in [2.05, 4.69) is 22.4 Å². The van der Waals surface area contributed by atoms with Gasteiger partial charge in [-0.2, -0.15) is 0 Å². The van der Waals surface area contributed by atoms with E-state index >= 15 is 0 Å². The molecule has 0 amide bonds. The standard InChI is InChI=1S/C14H17F2N3S/c1-2-6-17-7-5-13-18-19-14(20-13)9-10-3-4-11(15)12(16)8-10/h3-4,8,17H,2,5-7,9H2,1H3. The molecule has 108 valence electrons. The summed E-state index contributed by atoms with van der Waals surface area (Å²) in [5.74, 6) is -1.65. The normalized spacial score (nSPS) is 10.9. The number of benzene rings is 1. The van der Waals surface area contributed by atoms with E-state index in [-0.39, 0.29) is 0 Å². The Morgan fingerprint density at radius 2 is 1.90 bits per heavy atom. The lowest BCUT2D eigenvalue weighted by atomic mass is 10.1. The van der Waals surface area contributed by atoms with Crippen molar-refractivity contribution in [3.05, 3.63) is 45.4 Å². The van der Waals surface area contributed by atoms with Crippen LogP contribution in [0.2, 0.25) is 0 Å². The van der Waals surface area contributed by atoms with Crippen LogP contribution in [0.4, 0.5) is 8.78 Å². The minimum atomic E-state index is -0.825. The van der Waals surface area contributed by atoms with Crippen molar-refractivity contribution in [2.45, 2.75) is 26.2 Å². The fourth-order valence-corrected chi connectivity index (χ4v) is 2.66. The van der Waals surface area contributed by atoms with Gasteiger partial charge in [0.2, 0.25) is 0 Å². The highest BCUT2D eigenvalue weighted by Gasteiger charge is 2.07. The summed E-state index contributed by atoms with van der Waals surface area (Å²) in [7, 11) is 0. The van der Waals surface area contributed by atoms with Crippen molar-refractivity contribution in [2.75, 3.05) is 13.1 Å². The molecule has 0 saturated heterocycles. The summed E-state index contributed by atoms with van der Waals surface area (Å²) in [6.07, 6.45) is 2.43. The van der Waals surface area contributed by atoms with Crippen molar-refractivity contribution in [2.24, 2.45) is 0 Å². The molecule has 0 atom stereocenters. The molecule has 1 aromatic heterocycles. The van der Waals surface area contributed by atoms with Crippen LogP contribution in [0, 0.1) is 11.6 Å². The summed E-state index contributed by atoms with van der Waals surface area (Å²) >= 11 is 1.52. The van der Waals surface area contributed by atoms with Crippen molar-refractivity contribution >= 4 is 11.3 Å². The van der Waals surface area contributed by atoms with Gasteiger partial charge in [0, 0.05) is 19.4 Å². The number of hydrogen-bond donors (Lipinski definition) is 1. The van der Waals surface area contributed by atoms with Gasteiger partial charge in [-0.05, 0) is 30.7 Å². The molecule has 0 spiro atoms. The second-order valence-electron chi connectivity index (χ2n) is 4.51. The third-order valence-electron chi connectivity index (χ3n) is 2.79. The van der Waals surface area contributed by atoms with Gasteiger partial charge in [0.25, 0.3) is 0 Å². The highest BCUT2D eigenvalue weighted by molar-refractivity contribution is 7.11. The summed E-state index contributed by atoms with van der Waals surface area (Å²) in [5.41, 5.74) is 0.704. The largest absolute Gasteiger partial charge is 0.316 e. The molecule has 3 nitrogen and oxygen atoms in total. The van der Waals surface area contributed by atoms with Gasteiger partial charge in [0.15, 0.2) is 11.6 Å². The minimum Gasteiger partial charge on any atom is -0.316 e. The van der Waals surface area contributed by atoms with E-state index in [0.29, 0.717) is 12.0 Å². The first-order valence-electron chi connectivity index (χ1n) is 6.65. The van der Waals surface area contributed by atoms with Crippen molar-refractivity contribution in [3.63, 3.8) is 0 Å². The maximum Gasteiger partial charge on any atom is 0.159 e. The first kappa shape index (κ1) is 15.0. The molecule has 20 heavy (non-hydrogen) atoms. The number of halogens is 2. The predicted molar refractivity (Wildman–Crippen MR) is 75.9 cm³/mol. The molecular formula is C14H17F2N3S.